The van der Waals surface area contributed by atoms with E-state index in [1.807, 2.05) is 6.92 Å². The van der Waals surface area contributed by atoms with Gasteiger partial charge in [-0.05, 0) is 54.4 Å². The summed E-state index contributed by atoms with van der Waals surface area (Å²) in [5.41, 5.74) is 2.78. The summed E-state index contributed by atoms with van der Waals surface area (Å²) in [6.45, 7) is 1.86. The van der Waals surface area contributed by atoms with Crippen molar-refractivity contribution in [1.82, 2.24) is 0 Å². The van der Waals surface area contributed by atoms with Gasteiger partial charge in [-0.3, -0.25) is 0 Å². The molecule has 34 heavy (non-hydrogen) atoms. The normalized spacial score (nSPS) is 14.7. The van der Waals surface area contributed by atoms with Gasteiger partial charge in [0.05, 0.1) is 24.4 Å². The Bertz CT molecular complexity index is 1440. The third-order valence-electron chi connectivity index (χ3n) is 4.60. The van der Waals surface area contributed by atoms with E-state index in [2.05, 4.69) is 3.77 Å². The van der Waals surface area contributed by atoms with Crippen LogP contribution in [0.15, 0.2) is 91.3 Å². The van der Waals surface area contributed by atoms with E-state index in [1.54, 1.807) is 60.7 Å². The van der Waals surface area contributed by atoms with Crippen LogP contribution in [0.25, 0.3) is 0 Å². The van der Waals surface area contributed by atoms with Crippen LogP contribution in [0.2, 0.25) is 0 Å². The summed E-state index contributed by atoms with van der Waals surface area (Å²) in [5.74, 6) is 0.785. The largest absolute Gasteiger partial charge is 0.290 e. The van der Waals surface area contributed by atoms with E-state index in [9.17, 15) is 16.8 Å². The Kier molecular flexibility index (Phi) is 9.73. The molecule has 0 amide bonds. The number of sulfonamides is 1. The number of halogens is 2. The number of aryl methyl sites for hydroxylation is 1. The first kappa shape index (κ1) is 28.3. The van der Waals surface area contributed by atoms with Crippen molar-refractivity contribution in [3.8, 4) is 0 Å². The van der Waals surface area contributed by atoms with E-state index in [0.717, 1.165) is 16.7 Å². The SMILES string of the molecule is CS(=N)(=O)c1ccc(CCl)cc1.Cc1ccc(S(=O)(=O)N=S(C)(=O)c2ccc(CCl)cc2)cc1. The van der Waals surface area contributed by atoms with E-state index in [0.29, 0.717) is 21.6 Å². The van der Waals surface area contributed by atoms with Crippen LogP contribution in [0, 0.1) is 11.7 Å². The third kappa shape index (κ3) is 8.09. The van der Waals surface area contributed by atoms with Crippen molar-refractivity contribution in [2.75, 3.05) is 12.5 Å². The molecule has 184 valence electrons. The molecule has 2 atom stereocenters. The molecule has 1 N–H and O–H groups in total. The highest BCUT2D eigenvalue weighted by atomic mass is 35.5. The number of nitrogens with one attached hydrogen (secondary N) is 1. The summed E-state index contributed by atoms with van der Waals surface area (Å²) in [4.78, 5) is 0.943. The monoisotopic (exact) mass is 560 g/mol. The Morgan fingerprint density at radius 3 is 1.44 bits per heavy atom. The second-order valence-electron chi connectivity index (χ2n) is 7.56. The standard InChI is InChI=1S/C15H16ClNO3S2.C8H10ClNOS/c1-12-3-7-15(8-4-12)22(19,20)17-21(2,18)14-9-5-13(11-16)6-10-14;1-12(10,11)8-4-2-7(6-9)3-5-8/h3-10H,11H2,1-2H3;2-5,10H,6H2,1H3. The Hall–Kier alpha value is -1.91. The lowest BCUT2D eigenvalue weighted by Gasteiger charge is -2.06. The first-order chi connectivity index (χ1) is 15.8. The molecule has 2 unspecified atom stereocenters. The summed E-state index contributed by atoms with van der Waals surface area (Å²) in [7, 11) is -9.60. The quantitative estimate of drug-likeness (QED) is 0.371. The van der Waals surface area contributed by atoms with Gasteiger partial charge in [0.15, 0.2) is 0 Å². The van der Waals surface area contributed by atoms with Crippen molar-refractivity contribution in [1.29, 1.82) is 4.78 Å². The number of benzene rings is 3. The van der Waals surface area contributed by atoms with Gasteiger partial charge in [-0.25, -0.2) is 13.2 Å². The average molecular weight is 562 g/mol. The second-order valence-corrected chi connectivity index (χ2v) is 14.4. The highest BCUT2D eigenvalue weighted by Crippen LogP contribution is 2.20. The molecule has 0 radical (unpaired) electrons. The molecule has 0 aliphatic heterocycles. The topological polar surface area (TPSA) is 104 Å². The number of hydrogen-bond acceptors (Lipinski definition) is 5. The molecule has 0 spiro atoms. The van der Waals surface area contributed by atoms with Gasteiger partial charge >= 0.3 is 0 Å². The predicted octanol–water partition coefficient (Wildman–Crippen LogP) is 6.04. The first-order valence-corrected chi connectivity index (χ1v) is 16.3. The van der Waals surface area contributed by atoms with Gasteiger partial charge < -0.3 is 0 Å². The molecule has 11 heteroatoms. The predicted molar refractivity (Wildman–Crippen MR) is 140 cm³/mol. The van der Waals surface area contributed by atoms with E-state index < -0.39 is 29.5 Å². The molecular weight excluding hydrogens is 535 g/mol. The van der Waals surface area contributed by atoms with Crippen LogP contribution in [0.1, 0.15) is 16.7 Å². The molecule has 3 aromatic carbocycles. The zero-order valence-electron chi connectivity index (χ0n) is 18.9. The van der Waals surface area contributed by atoms with Crippen molar-refractivity contribution in [2.45, 2.75) is 33.4 Å². The van der Waals surface area contributed by atoms with Crippen molar-refractivity contribution >= 4 is 52.7 Å². The van der Waals surface area contributed by atoms with Crippen LogP contribution >= 0.6 is 23.2 Å². The van der Waals surface area contributed by atoms with Crippen LogP contribution in [0.4, 0.5) is 0 Å². The van der Waals surface area contributed by atoms with Crippen LogP contribution < -0.4 is 0 Å². The van der Waals surface area contributed by atoms with Crippen LogP contribution in [0.3, 0.4) is 0 Å². The molecule has 0 aliphatic rings. The molecule has 0 saturated carbocycles. The highest BCUT2D eigenvalue weighted by Gasteiger charge is 2.17. The number of rotatable bonds is 6. The van der Waals surface area contributed by atoms with E-state index in [4.69, 9.17) is 28.0 Å². The molecule has 6 nitrogen and oxygen atoms in total. The molecule has 0 fully saturated rings. The van der Waals surface area contributed by atoms with Crippen molar-refractivity contribution in [3.05, 3.63) is 89.5 Å². The number of nitrogens with zero attached hydrogens (tertiary/aromatic N) is 1. The Morgan fingerprint density at radius 1 is 0.676 bits per heavy atom. The fourth-order valence-electron chi connectivity index (χ4n) is 2.65. The van der Waals surface area contributed by atoms with Gasteiger partial charge in [0, 0.05) is 34.1 Å². The molecular formula is C23H26Cl2N2O4S3. The molecule has 0 bridgehead atoms. The maximum atomic E-state index is 12.7. The summed E-state index contributed by atoms with van der Waals surface area (Å²) in [5, 5.41) is 0. The number of hydrogen-bond donors (Lipinski definition) is 1. The lowest BCUT2D eigenvalue weighted by molar-refractivity contribution is 0.598. The lowest BCUT2D eigenvalue weighted by atomic mass is 10.2. The summed E-state index contributed by atoms with van der Waals surface area (Å²) in [6.07, 6.45) is 2.72. The minimum Gasteiger partial charge on any atom is -0.249 e. The number of alkyl halides is 2. The van der Waals surface area contributed by atoms with E-state index in [-0.39, 0.29) is 4.90 Å². The zero-order valence-corrected chi connectivity index (χ0v) is 22.9. The Labute approximate surface area is 212 Å². The van der Waals surface area contributed by atoms with Crippen molar-refractivity contribution in [3.63, 3.8) is 0 Å². The Balaban J connectivity index is 0.000000287. The van der Waals surface area contributed by atoms with E-state index in [1.165, 1.54) is 24.6 Å². The molecule has 3 aromatic rings. The fourth-order valence-corrected chi connectivity index (χ4v) is 6.97. The first-order valence-electron chi connectivity index (χ1n) is 9.87. The molecule has 0 aliphatic carbocycles. The summed E-state index contributed by atoms with van der Waals surface area (Å²) >= 11 is 11.3. The average Bonchev–Trinajstić information content (AvgIpc) is 2.78. The second kappa shape index (κ2) is 11.7. The van der Waals surface area contributed by atoms with Crippen molar-refractivity contribution < 1.29 is 16.8 Å². The van der Waals surface area contributed by atoms with Gasteiger partial charge in [-0.2, -0.15) is 8.42 Å². The van der Waals surface area contributed by atoms with Crippen molar-refractivity contribution in [2.24, 2.45) is 3.77 Å². The zero-order chi connectivity index (χ0) is 25.6. The molecule has 0 heterocycles. The molecule has 0 aromatic heterocycles. The van der Waals surface area contributed by atoms with Gasteiger partial charge in [-0.15, -0.1) is 27.0 Å². The smallest absolute Gasteiger partial charge is 0.249 e. The van der Waals surface area contributed by atoms with Crippen LogP contribution in [-0.4, -0.2) is 29.3 Å². The maximum absolute atomic E-state index is 12.7. The third-order valence-corrected chi connectivity index (χ3v) is 10.3. The Morgan fingerprint density at radius 2 is 1.06 bits per heavy atom. The minimum absolute atomic E-state index is 0.0325. The fraction of sp³-hybridized carbons (Fsp3) is 0.217. The van der Waals surface area contributed by atoms with Crippen LogP contribution in [0.5, 0.6) is 0 Å². The maximum Gasteiger partial charge on any atom is 0.290 e. The van der Waals surface area contributed by atoms with Gasteiger partial charge in [-0.1, -0.05) is 42.0 Å². The van der Waals surface area contributed by atoms with Crippen LogP contribution in [-0.2, 0) is 41.2 Å². The van der Waals surface area contributed by atoms with Gasteiger partial charge in [0.25, 0.3) is 10.0 Å². The van der Waals surface area contributed by atoms with E-state index >= 15 is 0 Å². The van der Waals surface area contributed by atoms with Gasteiger partial charge in [0.2, 0.25) is 0 Å². The minimum atomic E-state index is -3.98. The highest BCUT2D eigenvalue weighted by molar-refractivity contribution is 8.03. The van der Waals surface area contributed by atoms with Gasteiger partial charge in [0.1, 0.15) is 0 Å². The molecule has 3 rings (SSSR count). The molecule has 0 saturated heterocycles. The lowest BCUT2D eigenvalue weighted by Crippen LogP contribution is -2.05. The summed E-state index contributed by atoms with van der Waals surface area (Å²) in [6, 6.07) is 19.8. The summed E-state index contributed by atoms with van der Waals surface area (Å²) < 4.78 is 59.4.